The molecule has 2 fully saturated rings. The molecule has 0 amide bonds. The number of nitrogens with one attached hydrogen (secondary N) is 1. The van der Waals surface area contributed by atoms with Gasteiger partial charge >= 0.3 is 0 Å². The Hall–Kier alpha value is -1.75. The molecule has 1 aromatic rings. The number of nitrogens with two attached hydrogens (primary N) is 1. The molecule has 3 N–H and O–H groups in total. The number of nitrogens with zero attached hydrogens (tertiary/aromatic N) is 2. The number of aliphatic imine (C=N–C) groups is 1. The summed E-state index contributed by atoms with van der Waals surface area (Å²) < 4.78 is 6.01. The van der Waals surface area contributed by atoms with Crippen LogP contribution < -0.4 is 15.8 Å². The van der Waals surface area contributed by atoms with Crippen molar-refractivity contribution in [2.45, 2.75) is 52.1 Å². The van der Waals surface area contributed by atoms with Gasteiger partial charge in [0.2, 0.25) is 0 Å². The molecule has 1 atom stereocenters. The van der Waals surface area contributed by atoms with Crippen LogP contribution in [0, 0.1) is 12.8 Å². The van der Waals surface area contributed by atoms with E-state index in [4.69, 9.17) is 10.5 Å². The molecule has 5 heteroatoms. The summed E-state index contributed by atoms with van der Waals surface area (Å²) in [5.41, 5.74) is 8.40. The van der Waals surface area contributed by atoms with E-state index in [0.717, 1.165) is 36.9 Å². The predicted molar refractivity (Wildman–Crippen MR) is 103 cm³/mol. The molecule has 0 spiro atoms. The van der Waals surface area contributed by atoms with Crippen LogP contribution in [0.15, 0.2) is 23.2 Å². The number of aryl methyl sites for hydroxylation is 1. The number of rotatable bonds is 8. The maximum absolute atomic E-state index is 6.08. The lowest BCUT2D eigenvalue weighted by Crippen LogP contribution is -2.42. The number of hydrogen-bond acceptors (Lipinski definition) is 3. The van der Waals surface area contributed by atoms with Crippen LogP contribution in [0.1, 0.15) is 43.7 Å². The lowest BCUT2D eigenvalue weighted by Gasteiger charge is -2.23. The Morgan fingerprint density at radius 3 is 2.96 bits per heavy atom. The Labute approximate surface area is 151 Å². The molecule has 2 aliphatic rings. The summed E-state index contributed by atoms with van der Waals surface area (Å²) in [4.78, 5) is 7.03. The molecule has 1 aromatic carbocycles. The minimum absolute atomic E-state index is 0.525. The number of benzene rings is 1. The van der Waals surface area contributed by atoms with Gasteiger partial charge in [-0.3, -0.25) is 4.90 Å². The van der Waals surface area contributed by atoms with Gasteiger partial charge in [-0.05, 0) is 63.2 Å². The van der Waals surface area contributed by atoms with Crippen molar-refractivity contribution in [1.29, 1.82) is 0 Å². The van der Waals surface area contributed by atoms with E-state index < -0.39 is 0 Å². The fourth-order valence-corrected chi connectivity index (χ4v) is 3.41. The first-order chi connectivity index (χ1) is 12.2. The van der Waals surface area contributed by atoms with Gasteiger partial charge in [-0.1, -0.05) is 19.1 Å². The fourth-order valence-electron chi connectivity index (χ4n) is 3.41. The molecule has 3 rings (SSSR count). The Balaban J connectivity index is 1.52. The van der Waals surface area contributed by atoms with Gasteiger partial charge in [0.1, 0.15) is 5.75 Å². The maximum atomic E-state index is 6.08. The first-order valence-electron chi connectivity index (χ1n) is 9.66. The van der Waals surface area contributed by atoms with Crippen molar-refractivity contribution in [1.82, 2.24) is 10.2 Å². The Bertz CT molecular complexity index is 597. The summed E-state index contributed by atoms with van der Waals surface area (Å²) in [6.45, 7) is 8.87. The van der Waals surface area contributed by atoms with Crippen LogP contribution in [0.5, 0.6) is 5.75 Å². The molecule has 1 unspecified atom stereocenters. The lowest BCUT2D eigenvalue weighted by atomic mass is 10.1. The SMILES string of the molecule is CCN1CCCC1CNC(N)=NCc1ccc(C)cc1OCC1CC1. The van der Waals surface area contributed by atoms with Crippen molar-refractivity contribution in [2.24, 2.45) is 16.6 Å². The molecule has 25 heavy (non-hydrogen) atoms. The van der Waals surface area contributed by atoms with Gasteiger partial charge in [-0.25, -0.2) is 4.99 Å². The molecule has 1 saturated carbocycles. The highest BCUT2D eigenvalue weighted by Gasteiger charge is 2.23. The number of likely N-dealkylation sites (tertiary alicyclic amines) is 1. The van der Waals surface area contributed by atoms with Crippen LogP contribution >= 0.6 is 0 Å². The Morgan fingerprint density at radius 2 is 2.20 bits per heavy atom. The third-order valence-corrected chi connectivity index (χ3v) is 5.24. The Kier molecular flexibility index (Phi) is 6.19. The average Bonchev–Trinajstić information content (AvgIpc) is 3.33. The molecule has 0 bridgehead atoms. The summed E-state index contributed by atoms with van der Waals surface area (Å²) in [6.07, 6.45) is 5.12. The van der Waals surface area contributed by atoms with Crippen LogP contribution in [0.4, 0.5) is 0 Å². The van der Waals surface area contributed by atoms with E-state index in [1.54, 1.807) is 0 Å². The van der Waals surface area contributed by atoms with Crippen molar-refractivity contribution >= 4 is 5.96 Å². The van der Waals surface area contributed by atoms with Crippen LogP contribution in [-0.2, 0) is 6.54 Å². The zero-order chi connectivity index (χ0) is 17.6. The van der Waals surface area contributed by atoms with Crippen molar-refractivity contribution in [2.75, 3.05) is 26.2 Å². The molecule has 0 radical (unpaired) electrons. The number of ether oxygens (including phenoxy) is 1. The number of guanidine groups is 1. The first kappa shape index (κ1) is 18.1. The maximum Gasteiger partial charge on any atom is 0.188 e. The average molecular weight is 345 g/mol. The third-order valence-electron chi connectivity index (χ3n) is 5.24. The van der Waals surface area contributed by atoms with Crippen molar-refractivity contribution in [3.8, 4) is 5.75 Å². The molecular weight excluding hydrogens is 312 g/mol. The van der Waals surface area contributed by atoms with Gasteiger partial charge in [-0.15, -0.1) is 0 Å². The molecule has 1 saturated heterocycles. The van der Waals surface area contributed by atoms with Crippen LogP contribution in [-0.4, -0.2) is 43.1 Å². The molecule has 1 aliphatic carbocycles. The first-order valence-corrected chi connectivity index (χ1v) is 9.66. The van der Waals surface area contributed by atoms with E-state index >= 15 is 0 Å². The van der Waals surface area contributed by atoms with Gasteiger partial charge in [-0.2, -0.15) is 0 Å². The van der Waals surface area contributed by atoms with Crippen LogP contribution in [0.2, 0.25) is 0 Å². The summed E-state index contributed by atoms with van der Waals surface area (Å²) >= 11 is 0. The standard InChI is InChI=1S/C20H32N4O/c1-3-24-10-4-5-18(24)13-23-20(21)22-12-17-9-6-15(2)11-19(17)25-14-16-7-8-16/h6,9,11,16,18H,3-5,7-8,10,12-14H2,1-2H3,(H3,21,22,23). The largest absolute Gasteiger partial charge is 0.493 e. The van der Waals surface area contributed by atoms with Crippen LogP contribution in [0.25, 0.3) is 0 Å². The number of hydrogen-bond donors (Lipinski definition) is 2. The molecular formula is C20H32N4O. The van der Waals surface area contributed by atoms with E-state index in [-0.39, 0.29) is 0 Å². The van der Waals surface area contributed by atoms with Gasteiger partial charge in [0, 0.05) is 18.2 Å². The quantitative estimate of drug-likeness (QED) is 0.562. The number of likely N-dealkylation sites (N-methyl/N-ethyl adjacent to an activating group) is 1. The van der Waals surface area contributed by atoms with Crippen molar-refractivity contribution in [3.05, 3.63) is 29.3 Å². The molecule has 138 valence electrons. The second-order valence-corrected chi connectivity index (χ2v) is 7.37. The monoisotopic (exact) mass is 344 g/mol. The lowest BCUT2D eigenvalue weighted by molar-refractivity contribution is 0.267. The summed E-state index contributed by atoms with van der Waals surface area (Å²) in [5, 5.41) is 3.30. The predicted octanol–water partition coefficient (Wildman–Crippen LogP) is 2.67. The molecule has 0 aromatic heterocycles. The Morgan fingerprint density at radius 1 is 1.36 bits per heavy atom. The van der Waals surface area contributed by atoms with Gasteiger partial charge in [0.05, 0.1) is 13.2 Å². The van der Waals surface area contributed by atoms with Crippen molar-refractivity contribution in [3.63, 3.8) is 0 Å². The highest BCUT2D eigenvalue weighted by atomic mass is 16.5. The summed E-state index contributed by atoms with van der Waals surface area (Å²) in [7, 11) is 0. The highest BCUT2D eigenvalue weighted by Crippen LogP contribution is 2.30. The van der Waals surface area contributed by atoms with E-state index in [1.165, 1.54) is 37.8 Å². The van der Waals surface area contributed by atoms with E-state index in [2.05, 4.69) is 47.3 Å². The highest BCUT2D eigenvalue weighted by molar-refractivity contribution is 5.77. The van der Waals surface area contributed by atoms with E-state index in [0.29, 0.717) is 18.5 Å². The van der Waals surface area contributed by atoms with Gasteiger partial charge < -0.3 is 15.8 Å². The molecule has 5 nitrogen and oxygen atoms in total. The van der Waals surface area contributed by atoms with E-state index in [1.807, 2.05) is 0 Å². The molecule has 1 heterocycles. The fraction of sp³-hybridized carbons (Fsp3) is 0.650. The second-order valence-electron chi connectivity index (χ2n) is 7.37. The van der Waals surface area contributed by atoms with E-state index in [9.17, 15) is 0 Å². The van der Waals surface area contributed by atoms with Gasteiger partial charge in [0.15, 0.2) is 5.96 Å². The third kappa shape index (κ3) is 5.36. The molecule has 1 aliphatic heterocycles. The zero-order valence-electron chi connectivity index (χ0n) is 15.6. The normalized spacial score (nSPS) is 21.5. The summed E-state index contributed by atoms with van der Waals surface area (Å²) in [5.74, 6) is 2.23. The topological polar surface area (TPSA) is 62.9 Å². The second kappa shape index (κ2) is 8.56. The smallest absolute Gasteiger partial charge is 0.188 e. The summed E-state index contributed by atoms with van der Waals surface area (Å²) in [6, 6.07) is 6.89. The zero-order valence-corrected chi connectivity index (χ0v) is 15.6. The minimum atomic E-state index is 0.525. The van der Waals surface area contributed by atoms with Gasteiger partial charge in [0.25, 0.3) is 0 Å². The minimum Gasteiger partial charge on any atom is -0.493 e. The van der Waals surface area contributed by atoms with Crippen molar-refractivity contribution < 1.29 is 4.74 Å². The van der Waals surface area contributed by atoms with Crippen LogP contribution in [0.3, 0.4) is 0 Å².